The number of hydrogen-bond acceptors (Lipinski definition) is 2. The Bertz CT molecular complexity index is 256. The summed E-state index contributed by atoms with van der Waals surface area (Å²) >= 11 is 0. The van der Waals surface area contributed by atoms with Crippen LogP contribution in [0.5, 0.6) is 0 Å². The van der Waals surface area contributed by atoms with Gasteiger partial charge in [-0.15, -0.1) is 0 Å². The number of hydrogen-bond donors (Lipinski definition) is 1. The van der Waals surface area contributed by atoms with E-state index >= 15 is 0 Å². The van der Waals surface area contributed by atoms with Crippen LogP contribution in [0.25, 0.3) is 0 Å². The first-order valence-corrected chi connectivity index (χ1v) is 7.29. The Morgan fingerprint density at radius 1 is 1.35 bits per heavy atom. The van der Waals surface area contributed by atoms with Gasteiger partial charge in [0.2, 0.25) is 0 Å². The minimum atomic E-state index is 0.737. The van der Waals surface area contributed by atoms with Gasteiger partial charge in [0.15, 0.2) is 0 Å². The molecule has 1 heterocycles. The molecule has 2 fully saturated rings. The molecule has 17 heavy (non-hydrogen) atoms. The zero-order valence-corrected chi connectivity index (χ0v) is 11.7. The smallest absolute Gasteiger partial charge is 0.0227 e. The topological polar surface area (TPSA) is 15.3 Å². The summed E-state index contributed by atoms with van der Waals surface area (Å²) in [7, 11) is 0. The van der Waals surface area contributed by atoms with Crippen LogP contribution in [0.4, 0.5) is 0 Å². The van der Waals surface area contributed by atoms with Gasteiger partial charge >= 0.3 is 0 Å². The molecule has 1 N–H and O–H groups in total. The molecule has 1 aliphatic carbocycles. The van der Waals surface area contributed by atoms with Crippen LogP contribution in [-0.2, 0) is 0 Å². The van der Waals surface area contributed by atoms with Gasteiger partial charge in [0.05, 0.1) is 0 Å². The Labute approximate surface area is 106 Å². The van der Waals surface area contributed by atoms with Crippen molar-refractivity contribution in [2.75, 3.05) is 19.6 Å². The Kier molecular flexibility index (Phi) is 4.63. The molecule has 1 aliphatic heterocycles. The van der Waals surface area contributed by atoms with E-state index < -0.39 is 0 Å². The van der Waals surface area contributed by atoms with Gasteiger partial charge in [-0.1, -0.05) is 26.0 Å². The van der Waals surface area contributed by atoms with Gasteiger partial charge in [0, 0.05) is 31.7 Å². The molecular formula is C15H28N2. The molecule has 2 nitrogen and oxygen atoms in total. The number of allylic oxidation sites excluding steroid dienone is 1. The number of nitrogens with one attached hydrogen (secondary N) is 1. The average Bonchev–Trinajstić information content (AvgIpc) is 3.11. The van der Waals surface area contributed by atoms with E-state index in [2.05, 4.69) is 43.1 Å². The zero-order chi connectivity index (χ0) is 12.3. The minimum absolute atomic E-state index is 0.737. The van der Waals surface area contributed by atoms with E-state index in [0.29, 0.717) is 0 Å². The van der Waals surface area contributed by atoms with Crippen LogP contribution < -0.4 is 5.32 Å². The van der Waals surface area contributed by atoms with E-state index in [0.717, 1.165) is 30.5 Å². The minimum Gasteiger partial charge on any atom is -0.311 e. The summed E-state index contributed by atoms with van der Waals surface area (Å²) in [5.74, 6) is 1.77. The highest BCUT2D eigenvalue weighted by Gasteiger charge is 2.36. The quantitative estimate of drug-likeness (QED) is 0.738. The Morgan fingerprint density at radius 2 is 2.12 bits per heavy atom. The highest BCUT2D eigenvalue weighted by molar-refractivity contribution is 4.96. The summed E-state index contributed by atoms with van der Waals surface area (Å²) in [5, 5.41) is 3.78. The van der Waals surface area contributed by atoms with Crippen molar-refractivity contribution < 1.29 is 0 Å². The van der Waals surface area contributed by atoms with Crippen molar-refractivity contribution in [3.63, 3.8) is 0 Å². The maximum atomic E-state index is 3.78. The van der Waals surface area contributed by atoms with Crippen molar-refractivity contribution >= 4 is 0 Å². The molecule has 0 amide bonds. The second kappa shape index (κ2) is 6.01. The van der Waals surface area contributed by atoms with Crippen LogP contribution in [0.15, 0.2) is 12.2 Å². The molecule has 1 saturated heterocycles. The average molecular weight is 236 g/mol. The van der Waals surface area contributed by atoms with Gasteiger partial charge in [-0.05, 0) is 38.0 Å². The third kappa shape index (κ3) is 3.82. The van der Waals surface area contributed by atoms with Crippen LogP contribution >= 0.6 is 0 Å². The van der Waals surface area contributed by atoms with Gasteiger partial charge in [0.1, 0.15) is 0 Å². The molecule has 2 atom stereocenters. The van der Waals surface area contributed by atoms with Crippen LogP contribution in [0.1, 0.15) is 40.0 Å². The van der Waals surface area contributed by atoms with Crippen LogP contribution in [0.3, 0.4) is 0 Å². The van der Waals surface area contributed by atoms with E-state index in [1.807, 2.05) is 0 Å². The summed E-state index contributed by atoms with van der Waals surface area (Å²) < 4.78 is 0. The number of nitrogens with zero attached hydrogens (tertiary/aromatic N) is 1. The normalized spacial score (nSPS) is 31.5. The molecule has 0 spiro atoms. The predicted molar refractivity (Wildman–Crippen MR) is 74.1 cm³/mol. The summed E-state index contributed by atoms with van der Waals surface area (Å²) in [6.07, 6.45) is 8.71. The maximum absolute atomic E-state index is 3.78. The van der Waals surface area contributed by atoms with Crippen molar-refractivity contribution in [3.8, 4) is 0 Å². The molecule has 2 unspecified atom stereocenters. The Morgan fingerprint density at radius 3 is 2.71 bits per heavy atom. The molecule has 2 heteroatoms. The lowest BCUT2D eigenvalue weighted by Crippen LogP contribution is -2.57. The largest absolute Gasteiger partial charge is 0.311 e. The lowest BCUT2D eigenvalue weighted by Gasteiger charge is -2.41. The van der Waals surface area contributed by atoms with E-state index in [1.165, 1.54) is 32.4 Å². The molecule has 2 rings (SSSR count). The fraction of sp³-hybridized carbons (Fsp3) is 0.867. The number of rotatable bonds is 5. The first kappa shape index (κ1) is 13.1. The van der Waals surface area contributed by atoms with Crippen molar-refractivity contribution in [2.24, 2.45) is 11.8 Å². The molecule has 0 aromatic carbocycles. The lowest BCUT2D eigenvalue weighted by atomic mass is 9.97. The maximum Gasteiger partial charge on any atom is 0.0227 e. The first-order chi connectivity index (χ1) is 8.20. The monoisotopic (exact) mass is 236 g/mol. The van der Waals surface area contributed by atoms with Gasteiger partial charge in [-0.3, -0.25) is 4.90 Å². The molecular weight excluding hydrogens is 208 g/mol. The van der Waals surface area contributed by atoms with Crippen molar-refractivity contribution in [3.05, 3.63) is 12.2 Å². The highest BCUT2D eigenvalue weighted by atomic mass is 15.2. The van der Waals surface area contributed by atoms with Gasteiger partial charge in [-0.2, -0.15) is 0 Å². The van der Waals surface area contributed by atoms with Crippen LogP contribution in [0.2, 0.25) is 0 Å². The van der Waals surface area contributed by atoms with Gasteiger partial charge < -0.3 is 5.32 Å². The number of piperazine rings is 1. The molecule has 0 aromatic heterocycles. The van der Waals surface area contributed by atoms with Crippen molar-refractivity contribution in [1.82, 2.24) is 10.2 Å². The third-order valence-corrected chi connectivity index (χ3v) is 4.07. The van der Waals surface area contributed by atoms with Gasteiger partial charge in [0.25, 0.3) is 0 Å². The fourth-order valence-electron chi connectivity index (χ4n) is 2.94. The summed E-state index contributed by atoms with van der Waals surface area (Å²) in [4.78, 5) is 2.69. The lowest BCUT2D eigenvalue weighted by molar-refractivity contribution is 0.120. The van der Waals surface area contributed by atoms with E-state index in [4.69, 9.17) is 0 Å². The predicted octanol–water partition coefficient (Wildman–Crippen LogP) is 2.66. The van der Waals surface area contributed by atoms with Crippen LogP contribution in [-0.4, -0.2) is 36.6 Å². The van der Waals surface area contributed by atoms with E-state index in [9.17, 15) is 0 Å². The molecule has 0 bridgehead atoms. The standard InChI is InChI=1S/C15H28N2/c1-4-5-8-17-11-15(13-6-7-13)16-10-14(17)9-12(2)3/h4-5,12-16H,6-11H2,1-3H3/b5-4+. The second-order valence-corrected chi connectivity index (χ2v) is 6.16. The summed E-state index contributed by atoms with van der Waals surface area (Å²) in [6, 6.07) is 1.50. The molecule has 2 aliphatic rings. The van der Waals surface area contributed by atoms with Crippen molar-refractivity contribution in [1.29, 1.82) is 0 Å². The van der Waals surface area contributed by atoms with Crippen molar-refractivity contribution in [2.45, 2.75) is 52.1 Å². The molecule has 0 radical (unpaired) electrons. The van der Waals surface area contributed by atoms with Gasteiger partial charge in [-0.25, -0.2) is 0 Å². The highest BCUT2D eigenvalue weighted by Crippen LogP contribution is 2.34. The zero-order valence-electron chi connectivity index (χ0n) is 11.7. The Hall–Kier alpha value is -0.340. The van der Waals surface area contributed by atoms with E-state index in [1.54, 1.807) is 0 Å². The Balaban J connectivity index is 1.90. The fourth-order valence-corrected chi connectivity index (χ4v) is 2.94. The first-order valence-electron chi connectivity index (χ1n) is 7.29. The third-order valence-electron chi connectivity index (χ3n) is 4.07. The SMILES string of the molecule is C/C=C/CN1CC(C2CC2)NCC1CC(C)C. The molecule has 0 aromatic rings. The van der Waals surface area contributed by atoms with Crippen LogP contribution in [0, 0.1) is 11.8 Å². The second-order valence-electron chi connectivity index (χ2n) is 6.16. The molecule has 1 saturated carbocycles. The summed E-state index contributed by atoms with van der Waals surface area (Å²) in [6.45, 7) is 10.4. The molecule has 98 valence electrons. The summed E-state index contributed by atoms with van der Waals surface area (Å²) in [5.41, 5.74) is 0. The van der Waals surface area contributed by atoms with E-state index in [-0.39, 0.29) is 0 Å².